The van der Waals surface area contributed by atoms with E-state index in [1.54, 1.807) is 17.4 Å². The summed E-state index contributed by atoms with van der Waals surface area (Å²) in [6, 6.07) is 14.5. The molecule has 0 aliphatic heterocycles. The maximum Gasteiger partial charge on any atom is 0.265 e. The van der Waals surface area contributed by atoms with Crippen molar-refractivity contribution in [3.8, 4) is 0 Å². The molecule has 2 amide bonds. The van der Waals surface area contributed by atoms with E-state index in [4.69, 9.17) is 0 Å². The largest absolute Gasteiger partial charge is 0.374 e. The summed E-state index contributed by atoms with van der Waals surface area (Å²) in [4.78, 5) is 26.0. The molecule has 0 saturated heterocycles. The Kier molecular flexibility index (Phi) is 6.04. The van der Waals surface area contributed by atoms with E-state index in [1.807, 2.05) is 60.1 Å². The molecule has 0 spiro atoms. The Balaban J connectivity index is 1.50. The first kappa shape index (κ1) is 18.2. The molecule has 0 aliphatic carbocycles. The van der Waals surface area contributed by atoms with Gasteiger partial charge in [0.2, 0.25) is 5.91 Å². The number of anilines is 2. The molecule has 2 aromatic heterocycles. The maximum absolute atomic E-state index is 12.2. The van der Waals surface area contributed by atoms with Crippen LogP contribution in [-0.4, -0.2) is 17.9 Å². The number of carbonyl (C=O) groups is 2. The van der Waals surface area contributed by atoms with Gasteiger partial charge in [-0.25, -0.2) is 0 Å². The zero-order valence-corrected chi connectivity index (χ0v) is 15.8. The fraction of sp³-hybridized carbons (Fsp3) is 0.158. The van der Waals surface area contributed by atoms with E-state index >= 15 is 0 Å². The van der Waals surface area contributed by atoms with E-state index in [0.717, 1.165) is 10.6 Å². The van der Waals surface area contributed by atoms with Gasteiger partial charge >= 0.3 is 0 Å². The first-order valence-electron chi connectivity index (χ1n) is 8.13. The van der Waals surface area contributed by atoms with Crippen molar-refractivity contribution in [1.29, 1.82) is 0 Å². The highest BCUT2D eigenvalue weighted by molar-refractivity contribution is 7.12. The second-order valence-corrected chi connectivity index (χ2v) is 7.65. The third-order valence-corrected chi connectivity index (χ3v) is 5.43. The van der Waals surface area contributed by atoms with Gasteiger partial charge < -0.3 is 16.0 Å². The fourth-order valence-corrected chi connectivity index (χ4v) is 3.57. The van der Waals surface area contributed by atoms with Gasteiger partial charge in [-0.3, -0.25) is 9.59 Å². The van der Waals surface area contributed by atoms with Crippen LogP contribution in [0.3, 0.4) is 0 Å². The van der Waals surface area contributed by atoms with Gasteiger partial charge in [-0.15, -0.1) is 22.7 Å². The van der Waals surface area contributed by atoms with Crippen LogP contribution in [0.1, 0.15) is 21.5 Å². The molecule has 0 radical (unpaired) electrons. The lowest BCUT2D eigenvalue weighted by Gasteiger charge is -2.15. The SMILES string of the molecule is CC(Nc1ccc(NC(=O)c2cccs2)cc1)C(=O)NCc1cccs1. The monoisotopic (exact) mass is 385 g/mol. The summed E-state index contributed by atoms with van der Waals surface area (Å²) in [6.45, 7) is 2.35. The lowest BCUT2D eigenvalue weighted by Crippen LogP contribution is -2.37. The van der Waals surface area contributed by atoms with Gasteiger partial charge in [0.25, 0.3) is 5.91 Å². The third kappa shape index (κ3) is 4.93. The molecule has 3 N–H and O–H groups in total. The molecule has 0 saturated carbocycles. The zero-order valence-electron chi connectivity index (χ0n) is 14.2. The van der Waals surface area contributed by atoms with Crippen molar-refractivity contribution >= 4 is 45.9 Å². The van der Waals surface area contributed by atoms with Crippen LogP contribution in [-0.2, 0) is 11.3 Å². The number of hydrogen-bond acceptors (Lipinski definition) is 5. The first-order chi connectivity index (χ1) is 12.6. The second kappa shape index (κ2) is 8.64. The summed E-state index contributed by atoms with van der Waals surface area (Å²) >= 11 is 3.02. The van der Waals surface area contributed by atoms with Crippen LogP contribution < -0.4 is 16.0 Å². The molecule has 3 rings (SSSR count). The van der Waals surface area contributed by atoms with Crippen molar-refractivity contribution in [3.05, 3.63) is 69.0 Å². The van der Waals surface area contributed by atoms with E-state index in [2.05, 4.69) is 16.0 Å². The van der Waals surface area contributed by atoms with E-state index in [1.165, 1.54) is 11.3 Å². The summed E-state index contributed by atoms with van der Waals surface area (Å²) in [7, 11) is 0. The minimum atomic E-state index is -0.360. The van der Waals surface area contributed by atoms with Crippen LogP contribution in [0.15, 0.2) is 59.3 Å². The highest BCUT2D eigenvalue weighted by Gasteiger charge is 2.12. The van der Waals surface area contributed by atoms with Crippen molar-refractivity contribution in [2.24, 2.45) is 0 Å². The molecule has 5 nitrogen and oxygen atoms in total. The molecule has 3 aromatic rings. The van der Waals surface area contributed by atoms with Crippen LogP contribution in [0, 0.1) is 0 Å². The third-order valence-electron chi connectivity index (χ3n) is 3.68. The van der Waals surface area contributed by atoms with Gasteiger partial charge in [0, 0.05) is 16.3 Å². The number of carbonyl (C=O) groups excluding carboxylic acids is 2. The summed E-state index contributed by atoms with van der Waals surface area (Å²) in [5.74, 6) is -0.185. The van der Waals surface area contributed by atoms with Crippen LogP contribution in [0.4, 0.5) is 11.4 Å². The van der Waals surface area contributed by atoms with Crippen LogP contribution >= 0.6 is 22.7 Å². The van der Waals surface area contributed by atoms with Crippen molar-refractivity contribution < 1.29 is 9.59 Å². The van der Waals surface area contributed by atoms with Crippen molar-refractivity contribution in [3.63, 3.8) is 0 Å². The Hall–Kier alpha value is -2.64. The molecule has 2 heterocycles. The number of thiophene rings is 2. The van der Waals surface area contributed by atoms with Gasteiger partial charge in [-0.05, 0) is 54.1 Å². The lowest BCUT2D eigenvalue weighted by atomic mass is 10.2. The standard InChI is InChI=1S/C19H19N3O2S2/c1-13(18(23)20-12-16-4-2-10-25-16)21-14-6-8-15(9-7-14)22-19(24)17-5-3-11-26-17/h2-11,13,21H,12H2,1H3,(H,20,23)(H,22,24). The predicted molar refractivity (Wildman–Crippen MR) is 108 cm³/mol. The minimum Gasteiger partial charge on any atom is -0.374 e. The molecule has 0 aliphatic rings. The minimum absolute atomic E-state index is 0.0616. The first-order valence-corrected chi connectivity index (χ1v) is 9.89. The predicted octanol–water partition coefficient (Wildman–Crippen LogP) is 4.18. The summed E-state index contributed by atoms with van der Waals surface area (Å²) in [6.07, 6.45) is 0. The molecule has 0 bridgehead atoms. The Morgan fingerprint density at radius 2 is 1.65 bits per heavy atom. The molecule has 7 heteroatoms. The highest BCUT2D eigenvalue weighted by Crippen LogP contribution is 2.17. The number of nitrogens with one attached hydrogen (secondary N) is 3. The Morgan fingerprint density at radius 3 is 2.31 bits per heavy atom. The number of hydrogen-bond donors (Lipinski definition) is 3. The van der Waals surface area contributed by atoms with E-state index in [-0.39, 0.29) is 17.9 Å². The molecule has 134 valence electrons. The fourth-order valence-electron chi connectivity index (χ4n) is 2.31. The van der Waals surface area contributed by atoms with Gasteiger partial charge in [-0.2, -0.15) is 0 Å². The molecule has 26 heavy (non-hydrogen) atoms. The molecule has 1 atom stereocenters. The zero-order chi connectivity index (χ0) is 18.4. The topological polar surface area (TPSA) is 70.2 Å². The van der Waals surface area contributed by atoms with Crippen molar-refractivity contribution in [2.75, 3.05) is 10.6 Å². The molecular weight excluding hydrogens is 366 g/mol. The van der Waals surface area contributed by atoms with Crippen LogP contribution in [0.25, 0.3) is 0 Å². The number of benzene rings is 1. The van der Waals surface area contributed by atoms with Gasteiger partial charge in [-0.1, -0.05) is 12.1 Å². The van der Waals surface area contributed by atoms with E-state index in [9.17, 15) is 9.59 Å². The molecular formula is C19H19N3O2S2. The Labute approximate surface area is 160 Å². The lowest BCUT2D eigenvalue weighted by molar-refractivity contribution is -0.121. The summed E-state index contributed by atoms with van der Waals surface area (Å²) in [5, 5.41) is 12.8. The molecule has 0 fully saturated rings. The quantitative estimate of drug-likeness (QED) is 0.571. The van der Waals surface area contributed by atoms with Gasteiger partial charge in [0.15, 0.2) is 0 Å². The maximum atomic E-state index is 12.2. The average Bonchev–Trinajstić information content (AvgIpc) is 3.35. The average molecular weight is 386 g/mol. The normalized spacial score (nSPS) is 11.6. The van der Waals surface area contributed by atoms with E-state index < -0.39 is 0 Å². The smallest absolute Gasteiger partial charge is 0.265 e. The second-order valence-electron chi connectivity index (χ2n) is 5.67. The van der Waals surface area contributed by atoms with Gasteiger partial charge in [0.1, 0.15) is 6.04 Å². The Morgan fingerprint density at radius 1 is 0.962 bits per heavy atom. The van der Waals surface area contributed by atoms with E-state index in [0.29, 0.717) is 17.1 Å². The van der Waals surface area contributed by atoms with Gasteiger partial charge in [0.05, 0.1) is 11.4 Å². The number of amides is 2. The highest BCUT2D eigenvalue weighted by atomic mass is 32.1. The summed E-state index contributed by atoms with van der Waals surface area (Å²) < 4.78 is 0. The molecule has 1 aromatic carbocycles. The molecule has 1 unspecified atom stereocenters. The summed E-state index contributed by atoms with van der Waals surface area (Å²) in [5.41, 5.74) is 1.53. The Bertz CT molecular complexity index is 844. The van der Waals surface area contributed by atoms with Crippen molar-refractivity contribution in [1.82, 2.24) is 5.32 Å². The number of rotatable bonds is 7. The van der Waals surface area contributed by atoms with Crippen molar-refractivity contribution in [2.45, 2.75) is 19.5 Å². The van der Waals surface area contributed by atoms with Crippen LogP contribution in [0.5, 0.6) is 0 Å². The van der Waals surface area contributed by atoms with Crippen LogP contribution in [0.2, 0.25) is 0 Å².